The minimum Gasteiger partial charge on any atom is -0.477 e. The van der Waals surface area contributed by atoms with E-state index in [4.69, 9.17) is 28.4 Å². The molecule has 18 atom stereocenters. The second kappa shape index (κ2) is 61.1. The van der Waals surface area contributed by atoms with Crippen LogP contribution in [0.2, 0.25) is 0 Å². The molecule has 3 aliphatic rings. The van der Waals surface area contributed by atoms with Crippen molar-refractivity contribution >= 4 is 17.8 Å². The molecule has 23 nitrogen and oxygen atoms in total. The van der Waals surface area contributed by atoms with Crippen molar-refractivity contribution in [1.29, 1.82) is 0 Å². The standard InChI is InChI=1S/C82H154N2O21/c1-4-6-8-10-12-14-16-18-20-22-24-26-28-30-32-34-36-38-40-42-44-46-48-50-52-54-56-69(92)84-63(64(89)55-53-51-49-47-45-43-41-39-37-35-33-31-29-27-25-23-21-19-17-15-13-11-9-7-5-2)61-100-79-74(96)73(95)76(68(60-87)102-79)103-80-75(97)78(72(94)67(59-86)101-80)105-82(81(98)99)57-65(90)70(83-62(3)88)77(104-82)71(93)66(91)58-85/h53,55,63-68,70-80,85-87,89-91,93-97H,4-52,54,56-61H2,1-3H3,(H,83,88)(H,84,92)(H,98,99)/b55-53+. The Kier molecular flexibility index (Phi) is 56.3. The lowest BCUT2D eigenvalue weighted by Crippen LogP contribution is -2.70. The molecule has 18 unspecified atom stereocenters. The molecular weight excluding hydrogens is 1350 g/mol. The largest absolute Gasteiger partial charge is 0.477 e. The normalized spacial score (nSPS) is 26.2. The summed E-state index contributed by atoms with van der Waals surface area (Å²) in [5.41, 5.74) is 0. The first-order chi connectivity index (χ1) is 50.9. The predicted molar refractivity (Wildman–Crippen MR) is 408 cm³/mol. The number of nitrogens with one attached hydrogen (secondary N) is 2. The van der Waals surface area contributed by atoms with Gasteiger partial charge in [0.05, 0.1) is 50.7 Å². The summed E-state index contributed by atoms with van der Waals surface area (Å²) in [6.45, 7) is 2.21. The van der Waals surface area contributed by atoms with Gasteiger partial charge in [0.2, 0.25) is 11.8 Å². The van der Waals surface area contributed by atoms with Crippen LogP contribution in [0.5, 0.6) is 0 Å². The fraction of sp³-hybridized carbons (Fsp3) is 0.939. The third kappa shape index (κ3) is 41.0. The Hall–Kier alpha value is -2.53. The average Bonchev–Trinajstić information content (AvgIpc) is 0.755. The van der Waals surface area contributed by atoms with E-state index in [1.807, 2.05) is 6.08 Å². The molecule has 3 fully saturated rings. The monoisotopic (exact) mass is 1500 g/mol. The summed E-state index contributed by atoms with van der Waals surface area (Å²) < 4.78 is 35.0. The molecule has 2 amide bonds. The van der Waals surface area contributed by atoms with Crippen LogP contribution in [-0.2, 0) is 42.8 Å². The molecule has 0 aliphatic carbocycles. The zero-order valence-electron chi connectivity index (χ0n) is 65.6. The van der Waals surface area contributed by atoms with Crippen LogP contribution in [-0.4, -0.2) is 215 Å². The van der Waals surface area contributed by atoms with Gasteiger partial charge in [-0.05, 0) is 19.3 Å². The van der Waals surface area contributed by atoms with Crippen molar-refractivity contribution in [1.82, 2.24) is 10.6 Å². The summed E-state index contributed by atoms with van der Waals surface area (Å²) in [6, 6.07) is -2.62. The van der Waals surface area contributed by atoms with Gasteiger partial charge in [0.15, 0.2) is 12.6 Å². The van der Waals surface area contributed by atoms with Crippen molar-refractivity contribution in [2.24, 2.45) is 0 Å². The molecule has 0 saturated carbocycles. The van der Waals surface area contributed by atoms with Gasteiger partial charge in [0.1, 0.15) is 67.1 Å². The summed E-state index contributed by atoms with van der Waals surface area (Å²) in [5, 5.41) is 137. The molecular formula is C82H154N2O21. The summed E-state index contributed by atoms with van der Waals surface area (Å²) in [4.78, 5) is 38.7. The van der Waals surface area contributed by atoms with Crippen LogP contribution in [0.25, 0.3) is 0 Å². The lowest BCUT2D eigenvalue weighted by molar-refractivity contribution is -0.386. The fourth-order valence-electron chi connectivity index (χ4n) is 15.0. The van der Waals surface area contributed by atoms with E-state index in [0.717, 1.165) is 51.9 Å². The number of hydrogen-bond donors (Lipinski definition) is 14. The molecule has 0 spiro atoms. The lowest BCUT2D eigenvalue weighted by Gasteiger charge is -2.50. The first-order valence-corrected chi connectivity index (χ1v) is 42.6. The number of allylic oxidation sites excluding steroid dienone is 1. The highest BCUT2D eigenvalue weighted by Gasteiger charge is 2.60. The number of hydrogen-bond acceptors (Lipinski definition) is 20. The van der Waals surface area contributed by atoms with Crippen molar-refractivity contribution in [2.75, 3.05) is 26.4 Å². The molecule has 0 bridgehead atoms. The Bertz CT molecular complexity index is 2140. The number of aliphatic hydroxyl groups excluding tert-OH is 11. The Balaban J connectivity index is 1.50. The van der Waals surface area contributed by atoms with Gasteiger partial charge in [-0.1, -0.05) is 328 Å². The van der Waals surface area contributed by atoms with Gasteiger partial charge in [-0.15, -0.1) is 0 Å². The van der Waals surface area contributed by atoms with E-state index < -0.39 is 155 Å². The minimum atomic E-state index is -3.08. The Morgan fingerprint density at radius 1 is 0.495 bits per heavy atom. The zero-order valence-corrected chi connectivity index (χ0v) is 65.6. The smallest absolute Gasteiger partial charge is 0.364 e. The van der Waals surface area contributed by atoms with Gasteiger partial charge in [-0.2, -0.15) is 0 Å². The van der Waals surface area contributed by atoms with Crippen molar-refractivity contribution in [2.45, 2.75) is 464 Å². The minimum absolute atomic E-state index is 0.206. The van der Waals surface area contributed by atoms with Gasteiger partial charge >= 0.3 is 5.97 Å². The summed E-state index contributed by atoms with van der Waals surface area (Å²) >= 11 is 0. The maximum Gasteiger partial charge on any atom is 0.364 e. The van der Waals surface area contributed by atoms with Crippen molar-refractivity contribution in [3.05, 3.63) is 12.2 Å². The van der Waals surface area contributed by atoms with E-state index in [0.29, 0.717) is 12.8 Å². The third-order valence-electron chi connectivity index (χ3n) is 21.7. The molecule has 3 heterocycles. The highest BCUT2D eigenvalue weighted by molar-refractivity contribution is 5.77. The first kappa shape index (κ1) is 96.7. The molecule has 3 saturated heterocycles. The van der Waals surface area contributed by atoms with Gasteiger partial charge < -0.3 is 100 Å². The molecule has 3 aliphatic heterocycles. The van der Waals surface area contributed by atoms with E-state index >= 15 is 0 Å². The van der Waals surface area contributed by atoms with Gasteiger partial charge in [-0.3, -0.25) is 9.59 Å². The van der Waals surface area contributed by atoms with Crippen LogP contribution in [0.4, 0.5) is 0 Å². The zero-order chi connectivity index (χ0) is 76.7. The van der Waals surface area contributed by atoms with Crippen molar-refractivity contribution < 1.29 is 104 Å². The van der Waals surface area contributed by atoms with Crippen LogP contribution in [0.3, 0.4) is 0 Å². The molecule has 3 rings (SSSR count). The summed E-state index contributed by atoms with van der Waals surface area (Å²) in [6.07, 6.45) is 38.2. The van der Waals surface area contributed by atoms with Crippen LogP contribution < -0.4 is 10.6 Å². The number of carbonyl (C=O) groups is 3. The highest BCUT2D eigenvalue weighted by Crippen LogP contribution is 2.39. The van der Waals surface area contributed by atoms with E-state index in [-0.39, 0.29) is 12.3 Å². The number of carboxylic acid groups (broad SMARTS) is 1. The van der Waals surface area contributed by atoms with E-state index in [1.165, 1.54) is 263 Å². The fourth-order valence-corrected chi connectivity index (χ4v) is 15.0. The summed E-state index contributed by atoms with van der Waals surface area (Å²) in [7, 11) is 0. The molecule has 0 aromatic heterocycles. The quantitative estimate of drug-likeness (QED) is 0.0199. The maximum absolute atomic E-state index is 13.6. The van der Waals surface area contributed by atoms with E-state index in [2.05, 4.69) is 24.5 Å². The van der Waals surface area contributed by atoms with Crippen LogP contribution in [0.1, 0.15) is 355 Å². The van der Waals surface area contributed by atoms with Crippen LogP contribution >= 0.6 is 0 Å². The SMILES string of the molecule is CCCCCCCCCCCCCCCCCCCCCCCCC/C=C/C(O)C(COC1OC(CO)C(OC2OC(CO)C(O)C(OC3(C(=O)O)CC(O)C(NC(C)=O)C(C(O)C(O)CO)O3)C2O)C(O)C1O)NC(=O)CCCCCCCCCCCCCCCCCCCCCCCCCCCC. The lowest BCUT2D eigenvalue weighted by atomic mass is 9.88. The molecule has 23 heteroatoms. The molecule has 0 radical (unpaired) electrons. The van der Waals surface area contributed by atoms with Gasteiger partial charge in [0.25, 0.3) is 5.79 Å². The number of carboxylic acids is 1. The van der Waals surface area contributed by atoms with Gasteiger partial charge in [0, 0.05) is 19.8 Å². The first-order valence-electron chi connectivity index (χ1n) is 42.6. The molecule has 618 valence electrons. The topological polar surface area (TPSA) is 373 Å². The van der Waals surface area contributed by atoms with Crippen LogP contribution in [0, 0.1) is 0 Å². The molecule has 0 aromatic rings. The van der Waals surface area contributed by atoms with Crippen molar-refractivity contribution in [3.8, 4) is 0 Å². The van der Waals surface area contributed by atoms with Crippen molar-refractivity contribution in [3.63, 3.8) is 0 Å². The maximum atomic E-state index is 13.6. The molecule has 14 N–H and O–H groups in total. The van der Waals surface area contributed by atoms with E-state index in [1.54, 1.807) is 6.08 Å². The highest BCUT2D eigenvalue weighted by atomic mass is 16.8. The average molecular weight is 1500 g/mol. The number of rotatable bonds is 68. The molecule has 0 aromatic carbocycles. The second-order valence-electron chi connectivity index (χ2n) is 31.1. The molecule has 105 heavy (non-hydrogen) atoms. The van der Waals surface area contributed by atoms with Crippen LogP contribution in [0.15, 0.2) is 12.2 Å². The number of aliphatic carboxylic acids is 1. The predicted octanol–water partition coefficient (Wildman–Crippen LogP) is 12.1. The third-order valence-corrected chi connectivity index (χ3v) is 21.7. The number of ether oxygens (including phenoxy) is 6. The number of unbranched alkanes of at least 4 members (excludes halogenated alkanes) is 48. The number of aliphatic hydroxyl groups is 11. The summed E-state index contributed by atoms with van der Waals surface area (Å²) in [5.74, 6) is -6.13. The number of amides is 2. The second-order valence-corrected chi connectivity index (χ2v) is 31.1. The van der Waals surface area contributed by atoms with Gasteiger partial charge in [-0.25, -0.2) is 4.79 Å². The Morgan fingerprint density at radius 3 is 1.27 bits per heavy atom. The number of carbonyl (C=O) groups excluding carboxylic acids is 2. The van der Waals surface area contributed by atoms with E-state index in [9.17, 15) is 75.7 Å². The Labute approximate surface area is 632 Å². The Morgan fingerprint density at radius 2 is 0.886 bits per heavy atom.